The molecule has 3 rings (SSSR count). The standard InChI is InChI=1S/C15H14OS/c16-15-12(7-8-13-5-3-9-17-13)10-11-4-1-2-6-14(11)15/h1-6,9,12H,7-8,10H2. The highest BCUT2D eigenvalue weighted by atomic mass is 32.1. The first-order valence-electron chi connectivity index (χ1n) is 5.99. The molecule has 1 atom stereocenters. The first-order chi connectivity index (χ1) is 8.34. The van der Waals surface area contributed by atoms with Crippen LogP contribution in [0.1, 0.15) is 27.2 Å². The molecule has 0 fully saturated rings. The lowest BCUT2D eigenvalue weighted by atomic mass is 9.98. The largest absolute Gasteiger partial charge is 0.294 e. The summed E-state index contributed by atoms with van der Waals surface area (Å²) in [6.45, 7) is 0. The second-order valence-corrected chi connectivity index (χ2v) is 5.57. The van der Waals surface area contributed by atoms with Crippen molar-refractivity contribution in [2.45, 2.75) is 19.3 Å². The zero-order valence-corrected chi connectivity index (χ0v) is 10.4. The first kappa shape index (κ1) is 10.7. The van der Waals surface area contributed by atoms with E-state index in [1.807, 2.05) is 18.2 Å². The highest BCUT2D eigenvalue weighted by Crippen LogP contribution is 2.29. The maximum Gasteiger partial charge on any atom is 0.166 e. The fourth-order valence-electron chi connectivity index (χ4n) is 2.52. The lowest BCUT2D eigenvalue weighted by molar-refractivity contribution is 0.0931. The van der Waals surface area contributed by atoms with Gasteiger partial charge in [0.05, 0.1) is 0 Å². The van der Waals surface area contributed by atoms with Gasteiger partial charge in [-0.1, -0.05) is 30.3 Å². The fourth-order valence-corrected chi connectivity index (χ4v) is 3.25. The Kier molecular flexibility index (Phi) is 2.81. The van der Waals surface area contributed by atoms with E-state index in [0.717, 1.165) is 24.8 Å². The maximum absolute atomic E-state index is 12.2. The van der Waals surface area contributed by atoms with Gasteiger partial charge in [-0.3, -0.25) is 4.79 Å². The molecule has 0 bridgehead atoms. The summed E-state index contributed by atoms with van der Waals surface area (Å²) >= 11 is 1.78. The Hall–Kier alpha value is -1.41. The van der Waals surface area contributed by atoms with Crippen molar-refractivity contribution in [3.63, 3.8) is 0 Å². The zero-order chi connectivity index (χ0) is 11.7. The highest BCUT2D eigenvalue weighted by molar-refractivity contribution is 7.09. The number of Topliss-reactive ketones (excluding diaryl/α,β-unsaturated/α-hetero) is 1. The Balaban J connectivity index is 1.70. The molecule has 1 unspecified atom stereocenters. The average Bonchev–Trinajstić information content (AvgIpc) is 2.96. The van der Waals surface area contributed by atoms with E-state index in [9.17, 15) is 4.79 Å². The maximum atomic E-state index is 12.2. The van der Waals surface area contributed by atoms with Gasteiger partial charge in [0.1, 0.15) is 0 Å². The summed E-state index contributed by atoms with van der Waals surface area (Å²) in [5, 5.41) is 2.10. The second-order valence-electron chi connectivity index (χ2n) is 4.54. The Bertz CT molecular complexity index is 528. The summed E-state index contributed by atoms with van der Waals surface area (Å²) in [7, 11) is 0. The van der Waals surface area contributed by atoms with Crippen LogP contribution < -0.4 is 0 Å². The van der Waals surface area contributed by atoms with Gasteiger partial charge >= 0.3 is 0 Å². The Labute approximate surface area is 105 Å². The molecule has 1 aromatic carbocycles. The third kappa shape index (κ3) is 2.05. The molecule has 2 heteroatoms. The quantitative estimate of drug-likeness (QED) is 0.801. The molecule has 0 N–H and O–H groups in total. The molecule has 1 heterocycles. The van der Waals surface area contributed by atoms with E-state index in [1.54, 1.807) is 11.3 Å². The van der Waals surface area contributed by atoms with Crippen molar-refractivity contribution in [1.82, 2.24) is 0 Å². The van der Waals surface area contributed by atoms with E-state index in [4.69, 9.17) is 0 Å². The summed E-state index contributed by atoms with van der Waals surface area (Å²) in [5.74, 6) is 0.548. The van der Waals surface area contributed by atoms with Crippen LogP contribution in [0.15, 0.2) is 41.8 Å². The van der Waals surface area contributed by atoms with Gasteiger partial charge in [-0.25, -0.2) is 0 Å². The minimum atomic E-state index is 0.203. The van der Waals surface area contributed by atoms with Crippen molar-refractivity contribution >= 4 is 17.1 Å². The van der Waals surface area contributed by atoms with Crippen molar-refractivity contribution in [2.24, 2.45) is 5.92 Å². The normalized spacial score (nSPS) is 18.4. The Morgan fingerprint density at radius 3 is 2.82 bits per heavy atom. The van der Waals surface area contributed by atoms with Crippen LogP contribution in [0.3, 0.4) is 0 Å². The lowest BCUT2D eigenvalue weighted by Crippen LogP contribution is -2.09. The van der Waals surface area contributed by atoms with Crippen molar-refractivity contribution in [3.05, 3.63) is 57.8 Å². The number of aryl methyl sites for hydroxylation is 1. The molecule has 17 heavy (non-hydrogen) atoms. The molecule has 2 aromatic rings. The van der Waals surface area contributed by atoms with Gasteiger partial charge in [0, 0.05) is 16.4 Å². The monoisotopic (exact) mass is 242 g/mol. The number of carbonyl (C=O) groups is 1. The number of ketones is 1. The fraction of sp³-hybridized carbons (Fsp3) is 0.267. The van der Waals surface area contributed by atoms with Gasteiger partial charge in [-0.15, -0.1) is 11.3 Å². The molecule has 0 radical (unpaired) electrons. The molecule has 1 aliphatic carbocycles. The molecule has 0 aliphatic heterocycles. The van der Waals surface area contributed by atoms with Gasteiger partial charge in [-0.05, 0) is 36.3 Å². The smallest absolute Gasteiger partial charge is 0.166 e. The van der Waals surface area contributed by atoms with Gasteiger partial charge in [0.25, 0.3) is 0 Å². The Morgan fingerprint density at radius 1 is 1.18 bits per heavy atom. The minimum Gasteiger partial charge on any atom is -0.294 e. The summed E-state index contributed by atoms with van der Waals surface area (Å²) < 4.78 is 0. The number of hydrogen-bond donors (Lipinski definition) is 0. The molecule has 0 amide bonds. The number of fused-ring (bicyclic) bond motifs is 1. The van der Waals surface area contributed by atoms with E-state index in [1.165, 1.54) is 10.4 Å². The minimum absolute atomic E-state index is 0.203. The van der Waals surface area contributed by atoms with Crippen LogP contribution in [0.5, 0.6) is 0 Å². The van der Waals surface area contributed by atoms with Crippen molar-refractivity contribution in [3.8, 4) is 0 Å². The third-order valence-electron chi connectivity index (χ3n) is 3.44. The van der Waals surface area contributed by atoms with Gasteiger partial charge in [-0.2, -0.15) is 0 Å². The molecule has 1 aromatic heterocycles. The molecule has 1 aliphatic rings. The van der Waals surface area contributed by atoms with Gasteiger partial charge < -0.3 is 0 Å². The molecular formula is C15H14OS. The lowest BCUT2D eigenvalue weighted by Gasteiger charge is -2.05. The average molecular weight is 242 g/mol. The van der Waals surface area contributed by atoms with Crippen LogP contribution in [-0.2, 0) is 12.8 Å². The van der Waals surface area contributed by atoms with Crippen LogP contribution in [0.2, 0.25) is 0 Å². The van der Waals surface area contributed by atoms with Crippen LogP contribution in [0.4, 0.5) is 0 Å². The van der Waals surface area contributed by atoms with E-state index in [2.05, 4.69) is 23.6 Å². The number of hydrogen-bond acceptors (Lipinski definition) is 2. The topological polar surface area (TPSA) is 17.1 Å². The Morgan fingerprint density at radius 2 is 2.06 bits per heavy atom. The number of thiophene rings is 1. The van der Waals surface area contributed by atoms with E-state index >= 15 is 0 Å². The number of rotatable bonds is 3. The molecule has 0 saturated carbocycles. The van der Waals surface area contributed by atoms with E-state index in [-0.39, 0.29) is 5.92 Å². The van der Waals surface area contributed by atoms with Gasteiger partial charge in [0.15, 0.2) is 5.78 Å². The van der Waals surface area contributed by atoms with Crippen molar-refractivity contribution in [2.75, 3.05) is 0 Å². The molecule has 0 spiro atoms. The zero-order valence-electron chi connectivity index (χ0n) is 9.56. The molecule has 86 valence electrons. The van der Waals surface area contributed by atoms with E-state index in [0.29, 0.717) is 5.78 Å². The van der Waals surface area contributed by atoms with E-state index < -0.39 is 0 Å². The highest BCUT2D eigenvalue weighted by Gasteiger charge is 2.29. The summed E-state index contributed by atoms with van der Waals surface area (Å²) in [6.07, 6.45) is 2.94. The SMILES string of the molecule is O=C1c2ccccc2CC1CCc1cccs1. The number of carbonyl (C=O) groups excluding carboxylic acids is 1. The summed E-state index contributed by atoms with van der Waals surface area (Å²) in [4.78, 5) is 13.5. The van der Waals surface area contributed by atoms with Crippen LogP contribution in [0, 0.1) is 5.92 Å². The third-order valence-corrected chi connectivity index (χ3v) is 4.38. The predicted octanol–water partition coefficient (Wildman–Crippen LogP) is 3.74. The number of benzene rings is 1. The van der Waals surface area contributed by atoms with Crippen LogP contribution in [0.25, 0.3) is 0 Å². The van der Waals surface area contributed by atoms with Gasteiger partial charge in [0.2, 0.25) is 0 Å². The van der Waals surface area contributed by atoms with Crippen LogP contribution >= 0.6 is 11.3 Å². The first-order valence-corrected chi connectivity index (χ1v) is 6.87. The predicted molar refractivity (Wildman–Crippen MR) is 70.6 cm³/mol. The van der Waals surface area contributed by atoms with Crippen molar-refractivity contribution < 1.29 is 4.79 Å². The summed E-state index contributed by atoms with van der Waals surface area (Å²) in [6, 6.07) is 12.2. The molecule has 1 nitrogen and oxygen atoms in total. The summed E-state index contributed by atoms with van der Waals surface area (Å²) in [5.41, 5.74) is 2.18. The van der Waals surface area contributed by atoms with Crippen LogP contribution in [-0.4, -0.2) is 5.78 Å². The molecule has 0 saturated heterocycles. The molecular weight excluding hydrogens is 228 g/mol. The second kappa shape index (κ2) is 4.46. The van der Waals surface area contributed by atoms with Crippen molar-refractivity contribution in [1.29, 1.82) is 0 Å².